The highest BCUT2D eigenvalue weighted by atomic mass is 16.2. The van der Waals surface area contributed by atoms with Gasteiger partial charge in [0.25, 0.3) is 0 Å². The second kappa shape index (κ2) is 4.42. The first-order valence-corrected chi connectivity index (χ1v) is 4.14. The molecule has 0 bridgehead atoms. The Balaban J connectivity index is 3.87. The van der Waals surface area contributed by atoms with Crippen molar-refractivity contribution >= 4 is 5.91 Å². The first-order valence-electron chi connectivity index (χ1n) is 4.14. The molecule has 0 aromatic heterocycles. The molecule has 0 aromatic rings. The Hall–Kier alpha value is -0.610. The predicted octanol–water partition coefficient (Wildman–Crippen LogP) is -0.423. The highest BCUT2D eigenvalue weighted by Gasteiger charge is 2.18. The Bertz CT molecular complexity index is 151. The summed E-state index contributed by atoms with van der Waals surface area (Å²) in [6, 6.07) is -0.478. The van der Waals surface area contributed by atoms with Crippen LogP contribution in [0.4, 0.5) is 0 Å². The average molecular weight is 173 g/mol. The van der Waals surface area contributed by atoms with Gasteiger partial charge in [-0.1, -0.05) is 0 Å². The van der Waals surface area contributed by atoms with Gasteiger partial charge in [0.15, 0.2) is 0 Å². The third-order valence-corrected chi connectivity index (χ3v) is 1.31. The lowest BCUT2D eigenvalue weighted by molar-refractivity contribution is -0.123. The number of nitrogens with one attached hydrogen (secondary N) is 1. The van der Waals surface area contributed by atoms with Crippen LogP contribution in [-0.4, -0.2) is 24.0 Å². The summed E-state index contributed by atoms with van der Waals surface area (Å²) in [6.07, 6.45) is 0.530. The minimum atomic E-state index is -0.478. The van der Waals surface area contributed by atoms with Crippen molar-refractivity contribution in [1.82, 2.24) is 5.32 Å². The van der Waals surface area contributed by atoms with Crippen LogP contribution in [0, 0.1) is 0 Å². The van der Waals surface area contributed by atoms with Crippen LogP contribution in [0.15, 0.2) is 0 Å². The Labute approximate surface area is 73.7 Å². The molecule has 0 saturated carbocycles. The van der Waals surface area contributed by atoms with Crippen LogP contribution in [-0.2, 0) is 4.79 Å². The van der Waals surface area contributed by atoms with E-state index >= 15 is 0 Å². The summed E-state index contributed by atoms with van der Waals surface area (Å²) in [7, 11) is 0. The molecule has 1 atom stereocenters. The molecule has 0 radical (unpaired) electrons. The Kier molecular flexibility index (Phi) is 4.20. The van der Waals surface area contributed by atoms with E-state index in [1.807, 2.05) is 20.8 Å². The standard InChI is InChI=1S/C8H19N3O/c1-8(2,3)11-7(12)6(10)4-5-9/h6H,4-5,9-10H2,1-3H3,(H,11,12)/t6-/m0/s1. The molecule has 12 heavy (non-hydrogen) atoms. The topological polar surface area (TPSA) is 81.1 Å². The summed E-state index contributed by atoms with van der Waals surface area (Å²) in [5.74, 6) is -0.132. The van der Waals surface area contributed by atoms with Crippen molar-refractivity contribution in [2.24, 2.45) is 11.5 Å². The third-order valence-electron chi connectivity index (χ3n) is 1.31. The van der Waals surface area contributed by atoms with Gasteiger partial charge < -0.3 is 16.8 Å². The van der Waals surface area contributed by atoms with E-state index in [1.54, 1.807) is 0 Å². The van der Waals surface area contributed by atoms with E-state index in [0.29, 0.717) is 13.0 Å². The monoisotopic (exact) mass is 173 g/mol. The minimum Gasteiger partial charge on any atom is -0.350 e. The quantitative estimate of drug-likeness (QED) is 0.542. The molecule has 4 heteroatoms. The fraction of sp³-hybridized carbons (Fsp3) is 0.875. The summed E-state index contributed by atoms with van der Waals surface area (Å²) in [4.78, 5) is 11.3. The number of hydrogen-bond donors (Lipinski definition) is 3. The molecule has 0 aliphatic carbocycles. The number of amides is 1. The molecule has 72 valence electrons. The van der Waals surface area contributed by atoms with E-state index in [4.69, 9.17) is 11.5 Å². The normalized spacial score (nSPS) is 14.1. The van der Waals surface area contributed by atoms with Crippen molar-refractivity contribution in [1.29, 1.82) is 0 Å². The highest BCUT2D eigenvalue weighted by molar-refractivity contribution is 5.82. The maximum absolute atomic E-state index is 11.3. The lowest BCUT2D eigenvalue weighted by Gasteiger charge is -2.22. The molecule has 0 heterocycles. The van der Waals surface area contributed by atoms with Gasteiger partial charge in [-0.3, -0.25) is 4.79 Å². The first-order chi connectivity index (χ1) is 5.37. The highest BCUT2D eigenvalue weighted by Crippen LogP contribution is 1.99. The van der Waals surface area contributed by atoms with Crippen LogP contribution in [0.5, 0.6) is 0 Å². The van der Waals surface area contributed by atoms with E-state index in [0.717, 1.165) is 0 Å². The maximum Gasteiger partial charge on any atom is 0.237 e. The van der Waals surface area contributed by atoms with E-state index in [2.05, 4.69) is 5.32 Å². The van der Waals surface area contributed by atoms with Crippen LogP contribution in [0.1, 0.15) is 27.2 Å². The van der Waals surface area contributed by atoms with Gasteiger partial charge in [-0.15, -0.1) is 0 Å². The van der Waals surface area contributed by atoms with E-state index < -0.39 is 6.04 Å². The van der Waals surface area contributed by atoms with Crippen LogP contribution < -0.4 is 16.8 Å². The lowest BCUT2D eigenvalue weighted by atomic mass is 10.1. The van der Waals surface area contributed by atoms with Crippen molar-refractivity contribution in [3.8, 4) is 0 Å². The Morgan fingerprint density at radius 1 is 1.50 bits per heavy atom. The smallest absolute Gasteiger partial charge is 0.237 e. The molecule has 0 saturated heterocycles. The summed E-state index contributed by atoms with van der Waals surface area (Å²) in [6.45, 7) is 6.19. The molecule has 0 spiro atoms. The molecule has 0 aromatic carbocycles. The second-order valence-corrected chi connectivity index (χ2v) is 3.92. The Morgan fingerprint density at radius 3 is 2.33 bits per heavy atom. The number of hydrogen-bond acceptors (Lipinski definition) is 3. The van der Waals surface area contributed by atoms with E-state index in [9.17, 15) is 4.79 Å². The zero-order chi connectivity index (χ0) is 9.78. The molecule has 5 N–H and O–H groups in total. The molecule has 0 aliphatic heterocycles. The van der Waals surface area contributed by atoms with E-state index in [-0.39, 0.29) is 11.4 Å². The molecule has 0 fully saturated rings. The van der Waals surface area contributed by atoms with E-state index in [1.165, 1.54) is 0 Å². The van der Waals surface area contributed by atoms with Gasteiger partial charge in [0.2, 0.25) is 5.91 Å². The predicted molar refractivity (Wildman–Crippen MR) is 49.5 cm³/mol. The number of carbonyl (C=O) groups is 1. The zero-order valence-electron chi connectivity index (χ0n) is 8.05. The Morgan fingerprint density at radius 2 is 2.00 bits per heavy atom. The molecule has 1 amide bonds. The van der Waals surface area contributed by atoms with Crippen molar-refractivity contribution in [2.45, 2.75) is 38.8 Å². The first kappa shape index (κ1) is 11.4. The molecular formula is C8H19N3O. The summed E-state index contributed by atoms with van der Waals surface area (Å²) >= 11 is 0. The van der Waals surface area contributed by atoms with Gasteiger partial charge in [-0.2, -0.15) is 0 Å². The number of rotatable bonds is 3. The van der Waals surface area contributed by atoms with Crippen LogP contribution >= 0.6 is 0 Å². The van der Waals surface area contributed by atoms with Crippen molar-refractivity contribution < 1.29 is 4.79 Å². The lowest BCUT2D eigenvalue weighted by Crippen LogP contribution is -2.49. The van der Waals surface area contributed by atoms with Gasteiger partial charge in [0.05, 0.1) is 6.04 Å². The van der Waals surface area contributed by atoms with Gasteiger partial charge in [0.1, 0.15) is 0 Å². The maximum atomic E-state index is 11.3. The summed E-state index contributed by atoms with van der Waals surface area (Å²) in [5, 5.41) is 2.78. The SMILES string of the molecule is CC(C)(C)NC(=O)[C@@H](N)CCN. The molecule has 4 nitrogen and oxygen atoms in total. The number of carbonyl (C=O) groups excluding carboxylic acids is 1. The molecule has 0 aliphatic rings. The van der Waals surface area contributed by atoms with Crippen LogP contribution in [0.3, 0.4) is 0 Å². The fourth-order valence-corrected chi connectivity index (χ4v) is 0.773. The van der Waals surface area contributed by atoms with Crippen LogP contribution in [0.25, 0.3) is 0 Å². The van der Waals surface area contributed by atoms with Crippen molar-refractivity contribution in [3.05, 3.63) is 0 Å². The molecular weight excluding hydrogens is 154 g/mol. The van der Waals surface area contributed by atoms with Gasteiger partial charge in [0, 0.05) is 5.54 Å². The molecule has 0 rings (SSSR count). The fourth-order valence-electron chi connectivity index (χ4n) is 0.773. The van der Waals surface area contributed by atoms with Crippen molar-refractivity contribution in [3.63, 3.8) is 0 Å². The molecule has 0 unspecified atom stereocenters. The minimum absolute atomic E-state index is 0.132. The second-order valence-electron chi connectivity index (χ2n) is 3.92. The van der Waals surface area contributed by atoms with Gasteiger partial charge >= 0.3 is 0 Å². The van der Waals surface area contributed by atoms with Crippen LogP contribution in [0.2, 0.25) is 0 Å². The zero-order valence-corrected chi connectivity index (χ0v) is 8.05. The van der Waals surface area contributed by atoms with Crippen molar-refractivity contribution in [2.75, 3.05) is 6.54 Å². The average Bonchev–Trinajstić information content (AvgIpc) is 1.84. The summed E-state index contributed by atoms with van der Waals surface area (Å²) < 4.78 is 0. The van der Waals surface area contributed by atoms with Gasteiger partial charge in [-0.05, 0) is 33.7 Å². The largest absolute Gasteiger partial charge is 0.350 e. The van der Waals surface area contributed by atoms with Gasteiger partial charge in [-0.25, -0.2) is 0 Å². The third kappa shape index (κ3) is 5.09. The number of nitrogens with two attached hydrogens (primary N) is 2. The summed E-state index contributed by atoms with van der Waals surface area (Å²) in [5.41, 5.74) is 10.6.